The molecule has 0 aliphatic carbocycles. The smallest absolute Gasteiger partial charge is 0.317 e. The quantitative estimate of drug-likeness (QED) is 0.547. The van der Waals surface area contributed by atoms with Crippen LogP contribution in [-0.2, 0) is 24.5 Å². The Balaban J connectivity index is 3.24. The van der Waals surface area contributed by atoms with Gasteiger partial charge < -0.3 is 9.47 Å². The molecule has 158 valence electrons. The predicted molar refractivity (Wildman–Crippen MR) is 113 cm³/mol. The van der Waals surface area contributed by atoms with Crippen molar-refractivity contribution in [2.75, 3.05) is 13.2 Å². The topological polar surface area (TPSA) is 52.6 Å². The van der Waals surface area contributed by atoms with Gasteiger partial charge in [0.25, 0.3) is 0 Å². The van der Waals surface area contributed by atoms with Gasteiger partial charge in [0, 0.05) is 0 Å². The molecule has 0 aliphatic rings. The van der Waals surface area contributed by atoms with E-state index in [9.17, 15) is 9.59 Å². The monoisotopic (exact) mass is 390 g/mol. The van der Waals surface area contributed by atoms with Gasteiger partial charge >= 0.3 is 11.9 Å². The standard InChI is InChI=1S/C24H38O4/c1-18(2)14-24(19-12-10-9-11-13-19,21(26)28-17-23(6,7)8)15-20(25)27-16-22(3,4)5/h9-13,18H,14-17H2,1-8H3. The molecule has 0 spiro atoms. The molecule has 4 nitrogen and oxygen atoms in total. The van der Waals surface area contributed by atoms with E-state index in [0.717, 1.165) is 5.56 Å². The summed E-state index contributed by atoms with van der Waals surface area (Å²) in [7, 11) is 0. The van der Waals surface area contributed by atoms with E-state index in [1.807, 2.05) is 71.9 Å². The largest absolute Gasteiger partial charge is 0.465 e. The normalized spacial score (nSPS) is 14.5. The Bertz CT molecular complexity index is 635. The van der Waals surface area contributed by atoms with Crippen LogP contribution in [0.4, 0.5) is 0 Å². The van der Waals surface area contributed by atoms with Crippen molar-refractivity contribution in [1.29, 1.82) is 0 Å². The zero-order valence-electron chi connectivity index (χ0n) is 18.9. The second-order valence-electron chi connectivity index (χ2n) is 10.6. The summed E-state index contributed by atoms with van der Waals surface area (Å²) < 4.78 is 11.2. The van der Waals surface area contributed by atoms with Gasteiger partial charge in [-0.2, -0.15) is 0 Å². The van der Waals surface area contributed by atoms with E-state index < -0.39 is 5.41 Å². The SMILES string of the molecule is CC(C)CC(CC(=O)OCC(C)(C)C)(C(=O)OCC(C)(C)C)c1ccccc1. The Morgan fingerprint density at radius 2 is 1.36 bits per heavy atom. The van der Waals surface area contributed by atoms with Crippen molar-refractivity contribution < 1.29 is 19.1 Å². The first-order valence-electron chi connectivity index (χ1n) is 10.1. The van der Waals surface area contributed by atoms with Crippen LogP contribution in [0.5, 0.6) is 0 Å². The number of hydrogen-bond acceptors (Lipinski definition) is 4. The van der Waals surface area contributed by atoms with Crippen molar-refractivity contribution in [1.82, 2.24) is 0 Å². The molecule has 0 heterocycles. The van der Waals surface area contributed by atoms with E-state index in [1.54, 1.807) is 0 Å². The van der Waals surface area contributed by atoms with E-state index in [4.69, 9.17) is 9.47 Å². The lowest BCUT2D eigenvalue weighted by Gasteiger charge is -2.34. The third-order valence-electron chi connectivity index (χ3n) is 4.22. The van der Waals surface area contributed by atoms with Crippen LogP contribution in [0.3, 0.4) is 0 Å². The maximum absolute atomic E-state index is 13.4. The average molecular weight is 391 g/mol. The first-order chi connectivity index (χ1) is 12.8. The lowest BCUT2D eigenvalue weighted by Crippen LogP contribution is -2.42. The van der Waals surface area contributed by atoms with Gasteiger partial charge in [0.1, 0.15) is 5.41 Å². The molecule has 0 saturated carbocycles. The number of carbonyl (C=O) groups excluding carboxylic acids is 2. The first-order valence-corrected chi connectivity index (χ1v) is 10.1. The van der Waals surface area contributed by atoms with Crippen molar-refractivity contribution >= 4 is 11.9 Å². The number of esters is 2. The van der Waals surface area contributed by atoms with E-state index in [1.165, 1.54) is 0 Å². The van der Waals surface area contributed by atoms with Crippen molar-refractivity contribution in [3.63, 3.8) is 0 Å². The van der Waals surface area contributed by atoms with E-state index in [0.29, 0.717) is 19.6 Å². The van der Waals surface area contributed by atoms with E-state index in [2.05, 4.69) is 13.8 Å². The minimum Gasteiger partial charge on any atom is -0.465 e. The highest BCUT2D eigenvalue weighted by Gasteiger charge is 2.45. The van der Waals surface area contributed by atoms with Gasteiger partial charge in [0.15, 0.2) is 0 Å². The Kier molecular flexibility index (Phi) is 8.28. The number of hydrogen-bond donors (Lipinski definition) is 0. The maximum atomic E-state index is 13.4. The second-order valence-corrected chi connectivity index (χ2v) is 10.6. The molecule has 0 saturated heterocycles. The molecule has 1 aromatic rings. The fourth-order valence-corrected chi connectivity index (χ4v) is 3.03. The highest BCUT2D eigenvalue weighted by atomic mass is 16.5. The number of carbonyl (C=O) groups is 2. The van der Waals surface area contributed by atoms with Crippen LogP contribution >= 0.6 is 0 Å². The molecular formula is C24H38O4. The summed E-state index contributed by atoms with van der Waals surface area (Å²) in [6.45, 7) is 16.8. The molecule has 1 rings (SSSR count). The van der Waals surface area contributed by atoms with Crippen LogP contribution in [0.25, 0.3) is 0 Å². The van der Waals surface area contributed by atoms with Crippen molar-refractivity contribution in [3.05, 3.63) is 35.9 Å². The number of rotatable bonds is 8. The van der Waals surface area contributed by atoms with Gasteiger partial charge in [-0.1, -0.05) is 85.7 Å². The van der Waals surface area contributed by atoms with Gasteiger partial charge in [-0.25, -0.2) is 0 Å². The minimum atomic E-state index is -1.05. The lowest BCUT2D eigenvalue weighted by molar-refractivity contribution is -0.161. The molecule has 1 atom stereocenters. The Hall–Kier alpha value is -1.84. The van der Waals surface area contributed by atoms with Crippen LogP contribution in [0.1, 0.15) is 73.8 Å². The van der Waals surface area contributed by atoms with Crippen molar-refractivity contribution in [2.24, 2.45) is 16.7 Å². The molecule has 0 bridgehead atoms. The van der Waals surface area contributed by atoms with Crippen LogP contribution in [0.15, 0.2) is 30.3 Å². The molecule has 0 radical (unpaired) electrons. The van der Waals surface area contributed by atoms with Crippen LogP contribution in [0.2, 0.25) is 0 Å². The van der Waals surface area contributed by atoms with Crippen LogP contribution in [0, 0.1) is 16.7 Å². The molecule has 4 heteroatoms. The first kappa shape index (κ1) is 24.2. The third-order valence-corrected chi connectivity index (χ3v) is 4.22. The van der Waals surface area contributed by atoms with Gasteiger partial charge in [-0.3, -0.25) is 9.59 Å². The molecule has 0 amide bonds. The van der Waals surface area contributed by atoms with E-state index in [-0.39, 0.29) is 35.1 Å². The maximum Gasteiger partial charge on any atom is 0.317 e. The Morgan fingerprint density at radius 1 is 0.857 bits per heavy atom. The van der Waals surface area contributed by atoms with Gasteiger partial charge in [0.2, 0.25) is 0 Å². The second kappa shape index (κ2) is 9.58. The third kappa shape index (κ3) is 8.04. The van der Waals surface area contributed by atoms with Crippen molar-refractivity contribution in [2.45, 2.75) is 73.6 Å². The lowest BCUT2D eigenvalue weighted by atomic mass is 9.72. The number of ether oxygens (including phenoxy) is 2. The molecule has 1 unspecified atom stereocenters. The summed E-state index contributed by atoms with van der Waals surface area (Å²) in [6.07, 6.45) is 0.499. The van der Waals surface area contributed by atoms with Crippen LogP contribution in [-0.4, -0.2) is 25.2 Å². The fourth-order valence-electron chi connectivity index (χ4n) is 3.03. The average Bonchev–Trinajstić information content (AvgIpc) is 2.56. The summed E-state index contributed by atoms with van der Waals surface area (Å²) >= 11 is 0. The Labute approximate surface area is 171 Å². The van der Waals surface area contributed by atoms with E-state index >= 15 is 0 Å². The van der Waals surface area contributed by atoms with Gasteiger partial charge in [-0.15, -0.1) is 0 Å². The molecule has 0 aliphatic heterocycles. The summed E-state index contributed by atoms with van der Waals surface area (Å²) in [5, 5.41) is 0. The molecular weight excluding hydrogens is 352 g/mol. The zero-order chi connectivity index (χ0) is 21.6. The zero-order valence-corrected chi connectivity index (χ0v) is 18.9. The van der Waals surface area contributed by atoms with Crippen molar-refractivity contribution in [3.8, 4) is 0 Å². The highest BCUT2D eigenvalue weighted by molar-refractivity contribution is 5.89. The van der Waals surface area contributed by atoms with Gasteiger partial charge in [-0.05, 0) is 28.7 Å². The summed E-state index contributed by atoms with van der Waals surface area (Å²) in [6, 6.07) is 9.49. The molecule has 0 N–H and O–H groups in total. The van der Waals surface area contributed by atoms with Crippen LogP contribution < -0.4 is 0 Å². The summed E-state index contributed by atoms with van der Waals surface area (Å²) in [5.41, 5.74) is -0.524. The predicted octanol–water partition coefficient (Wildman–Crippen LogP) is 5.54. The summed E-state index contributed by atoms with van der Waals surface area (Å²) in [5.74, 6) is -0.514. The molecule has 1 aromatic carbocycles. The van der Waals surface area contributed by atoms with Gasteiger partial charge in [0.05, 0.1) is 19.6 Å². The Morgan fingerprint density at radius 3 is 1.82 bits per heavy atom. The molecule has 0 fully saturated rings. The molecule has 0 aromatic heterocycles. The molecule has 28 heavy (non-hydrogen) atoms. The number of benzene rings is 1. The fraction of sp³-hybridized carbons (Fsp3) is 0.667. The summed E-state index contributed by atoms with van der Waals surface area (Å²) in [4.78, 5) is 26.1. The highest BCUT2D eigenvalue weighted by Crippen LogP contribution is 2.37. The minimum absolute atomic E-state index is 0.0196.